The topological polar surface area (TPSA) is 84.3 Å². The lowest BCUT2D eigenvalue weighted by atomic mass is 10.0. The molecule has 1 aromatic carbocycles. The molecule has 0 aliphatic carbocycles. The van der Waals surface area contributed by atoms with Gasteiger partial charge in [-0.1, -0.05) is 41.9 Å². The fourth-order valence-electron chi connectivity index (χ4n) is 2.19. The van der Waals surface area contributed by atoms with Gasteiger partial charge in [0.1, 0.15) is 0 Å². The first-order valence-corrected chi connectivity index (χ1v) is 8.07. The van der Waals surface area contributed by atoms with Crippen LogP contribution in [-0.4, -0.2) is 46.6 Å². The molecule has 0 aliphatic heterocycles. The summed E-state index contributed by atoms with van der Waals surface area (Å²) < 4.78 is 5.27. The summed E-state index contributed by atoms with van der Waals surface area (Å²) in [5.41, 5.74) is 1.14. The number of carbonyl (C=O) groups excluding carboxylic acids is 1. The van der Waals surface area contributed by atoms with Gasteiger partial charge in [-0.05, 0) is 31.0 Å². The van der Waals surface area contributed by atoms with E-state index in [1.54, 1.807) is 0 Å². The monoisotopic (exact) mass is 349 g/mol. The van der Waals surface area contributed by atoms with Gasteiger partial charge in [0.15, 0.2) is 10.8 Å². The van der Waals surface area contributed by atoms with Gasteiger partial charge < -0.3 is 15.2 Å². The number of halogens is 1. The van der Waals surface area contributed by atoms with Crippen molar-refractivity contribution in [2.24, 2.45) is 0 Å². The van der Waals surface area contributed by atoms with Crippen molar-refractivity contribution in [2.75, 3.05) is 13.2 Å². The molecule has 0 aliphatic rings. The summed E-state index contributed by atoms with van der Waals surface area (Å²) in [6.07, 6.45) is -0.365. The van der Waals surface area contributed by atoms with Gasteiger partial charge in [-0.3, -0.25) is 4.79 Å². The highest BCUT2D eigenvalue weighted by Crippen LogP contribution is 2.09. The van der Waals surface area contributed by atoms with Crippen LogP contribution in [0.1, 0.15) is 23.0 Å². The first-order chi connectivity index (χ1) is 11.6. The number of aromatic nitrogens is 2. The number of ether oxygens (including phenoxy) is 1. The summed E-state index contributed by atoms with van der Waals surface area (Å²) in [6, 6.07) is 12.1. The molecular formula is C17H20ClN3O3. The molecular weight excluding hydrogens is 330 g/mol. The zero-order valence-corrected chi connectivity index (χ0v) is 14.1. The Bertz CT molecular complexity index is 637. The molecule has 2 atom stereocenters. The van der Waals surface area contributed by atoms with Gasteiger partial charge in [0.2, 0.25) is 0 Å². The molecule has 7 heteroatoms. The first kappa shape index (κ1) is 18.3. The maximum atomic E-state index is 12.3. The quantitative estimate of drug-likeness (QED) is 0.760. The number of hydrogen-bond donors (Lipinski definition) is 2. The fraction of sp³-hybridized carbons (Fsp3) is 0.353. The van der Waals surface area contributed by atoms with Gasteiger partial charge in [0.05, 0.1) is 18.8 Å². The van der Waals surface area contributed by atoms with Crippen LogP contribution in [0.5, 0.6) is 0 Å². The van der Waals surface area contributed by atoms with Crippen molar-refractivity contribution in [3.63, 3.8) is 0 Å². The minimum Gasteiger partial charge on any atom is -0.389 e. The minimum absolute atomic E-state index is 0.139. The Kier molecular flexibility index (Phi) is 7.11. The molecule has 0 saturated carbocycles. The average molecular weight is 350 g/mol. The predicted octanol–water partition coefficient (Wildman–Crippen LogP) is 1.87. The predicted molar refractivity (Wildman–Crippen MR) is 90.9 cm³/mol. The van der Waals surface area contributed by atoms with E-state index in [0.717, 1.165) is 5.56 Å². The third-order valence-corrected chi connectivity index (χ3v) is 3.64. The summed E-state index contributed by atoms with van der Waals surface area (Å²) in [4.78, 5) is 12.3. The second kappa shape index (κ2) is 9.32. The van der Waals surface area contributed by atoms with Crippen molar-refractivity contribution in [3.05, 3.63) is 58.9 Å². The molecule has 1 aromatic heterocycles. The average Bonchev–Trinajstić information content (AvgIpc) is 2.60. The van der Waals surface area contributed by atoms with Crippen molar-refractivity contribution in [2.45, 2.75) is 25.5 Å². The van der Waals surface area contributed by atoms with Crippen LogP contribution in [0.4, 0.5) is 0 Å². The van der Waals surface area contributed by atoms with Crippen molar-refractivity contribution in [1.29, 1.82) is 0 Å². The molecule has 0 radical (unpaired) electrons. The minimum atomic E-state index is -0.839. The standard InChI is InChI=1S/C17H20ClN3O3/c1-2-24-11-15(22)14(10-12-6-4-3-5-7-12)19-17(23)13-8-9-16(18)21-20-13/h3-9,14-15,22H,2,10-11H2,1H3,(H,19,23). The molecule has 1 heterocycles. The van der Waals surface area contributed by atoms with E-state index in [2.05, 4.69) is 15.5 Å². The van der Waals surface area contributed by atoms with Crippen LogP contribution in [0.2, 0.25) is 5.15 Å². The molecule has 2 unspecified atom stereocenters. The summed E-state index contributed by atoms with van der Waals surface area (Å²) in [5, 5.41) is 20.8. The fourth-order valence-corrected chi connectivity index (χ4v) is 2.29. The molecule has 2 rings (SSSR count). The highest BCUT2D eigenvalue weighted by atomic mass is 35.5. The van der Waals surface area contributed by atoms with Crippen LogP contribution in [0.25, 0.3) is 0 Å². The van der Waals surface area contributed by atoms with Crippen LogP contribution in [0, 0.1) is 0 Å². The number of hydrogen-bond acceptors (Lipinski definition) is 5. The van der Waals surface area contributed by atoms with Gasteiger partial charge in [0, 0.05) is 6.61 Å². The highest BCUT2D eigenvalue weighted by Gasteiger charge is 2.23. The van der Waals surface area contributed by atoms with Crippen LogP contribution in [0.15, 0.2) is 42.5 Å². The smallest absolute Gasteiger partial charge is 0.272 e. The SMILES string of the molecule is CCOCC(O)C(Cc1ccccc1)NC(=O)c1ccc(Cl)nn1. The van der Waals surface area contributed by atoms with E-state index >= 15 is 0 Å². The summed E-state index contributed by atoms with van der Waals surface area (Å²) in [7, 11) is 0. The van der Waals surface area contributed by atoms with Crippen LogP contribution in [0.3, 0.4) is 0 Å². The Morgan fingerprint density at radius 2 is 2.00 bits per heavy atom. The Balaban J connectivity index is 2.09. The second-order valence-corrected chi connectivity index (χ2v) is 5.63. The van der Waals surface area contributed by atoms with E-state index in [1.165, 1.54) is 12.1 Å². The van der Waals surface area contributed by atoms with Gasteiger partial charge in [0.25, 0.3) is 5.91 Å². The number of benzene rings is 1. The Labute approximate surface area is 145 Å². The van der Waals surface area contributed by atoms with E-state index in [0.29, 0.717) is 13.0 Å². The third-order valence-electron chi connectivity index (χ3n) is 3.44. The highest BCUT2D eigenvalue weighted by molar-refractivity contribution is 6.29. The maximum Gasteiger partial charge on any atom is 0.272 e. The van der Waals surface area contributed by atoms with Gasteiger partial charge in [-0.15, -0.1) is 10.2 Å². The maximum absolute atomic E-state index is 12.3. The number of nitrogens with one attached hydrogen (secondary N) is 1. The molecule has 2 aromatic rings. The van der Waals surface area contributed by atoms with E-state index in [1.807, 2.05) is 37.3 Å². The van der Waals surface area contributed by atoms with E-state index in [9.17, 15) is 9.90 Å². The van der Waals surface area contributed by atoms with E-state index < -0.39 is 18.1 Å². The van der Waals surface area contributed by atoms with Gasteiger partial charge in [-0.2, -0.15) is 0 Å². The summed E-state index contributed by atoms with van der Waals surface area (Å²) in [6.45, 7) is 2.48. The normalized spacial score (nSPS) is 13.3. The van der Waals surface area contributed by atoms with Crippen molar-refractivity contribution >= 4 is 17.5 Å². The number of rotatable bonds is 8. The molecule has 2 N–H and O–H groups in total. The lowest BCUT2D eigenvalue weighted by Crippen LogP contribution is -2.47. The molecule has 0 bridgehead atoms. The molecule has 1 amide bonds. The lowest BCUT2D eigenvalue weighted by molar-refractivity contribution is 0.0207. The van der Waals surface area contributed by atoms with Gasteiger partial charge in [-0.25, -0.2) is 0 Å². The lowest BCUT2D eigenvalue weighted by Gasteiger charge is -2.24. The molecule has 6 nitrogen and oxygen atoms in total. The molecule has 128 valence electrons. The molecule has 24 heavy (non-hydrogen) atoms. The van der Waals surface area contributed by atoms with Crippen LogP contribution >= 0.6 is 11.6 Å². The largest absolute Gasteiger partial charge is 0.389 e. The Hall–Kier alpha value is -2.02. The number of carbonyl (C=O) groups is 1. The molecule has 0 spiro atoms. The van der Waals surface area contributed by atoms with E-state index in [-0.39, 0.29) is 17.5 Å². The first-order valence-electron chi connectivity index (χ1n) is 7.70. The number of nitrogens with zero attached hydrogens (tertiary/aromatic N) is 2. The number of aliphatic hydroxyl groups is 1. The van der Waals surface area contributed by atoms with Crippen LogP contribution < -0.4 is 5.32 Å². The number of amides is 1. The van der Waals surface area contributed by atoms with Crippen LogP contribution in [-0.2, 0) is 11.2 Å². The Morgan fingerprint density at radius 1 is 1.25 bits per heavy atom. The van der Waals surface area contributed by atoms with Crippen molar-refractivity contribution in [1.82, 2.24) is 15.5 Å². The zero-order chi connectivity index (χ0) is 17.4. The molecule has 0 saturated heterocycles. The number of aliphatic hydroxyl groups excluding tert-OH is 1. The summed E-state index contributed by atoms with van der Waals surface area (Å²) >= 11 is 5.68. The van der Waals surface area contributed by atoms with Crippen molar-refractivity contribution < 1.29 is 14.6 Å². The summed E-state index contributed by atoms with van der Waals surface area (Å²) in [5.74, 6) is -0.421. The third kappa shape index (κ3) is 5.56. The van der Waals surface area contributed by atoms with Gasteiger partial charge >= 0.3 is 0 Å². The van der Waals surface area contributed by atoms with Crippen molar-refractivity contribution in [3.8, 4) is 0 Å². The van der Waals surface area contributed by atoms with E-state index in [4.69, 9.17) is 16.3 Å². The molecule has 0 fully saturated rings. The second-order valence-electron chi connectivity index (χ2n) is 5.24. The Morgan fingerprint density at radius 3 is 2.62 bits per heavy atom. The zero-order valence-electron chi connectivity index (χ0n) is 13.4.